The minimum Gasteiger partial charge on any atom is -0.289 e. The third kappa shape index (κ3) is 2.98. The summed E-state index contributed by atoms with van der Waals surface area (Å²) in [5, 5.41) is 0. The minimum atomic E-state index is 0.1000. The van der Waals surface area contributed by atoms with Gasteiger partial charge in [0.15, 0.2) is 5.78 Å². The highest BCUT2D eigenvalue weighted by Crippen LogP contribution is 2.23. The van der Waals surface area contributed by atoms with Crippen molar-refractivity contribution >= 4 is 5.78 Å². The van der Waals surface area contributed by atoms with Crippen LogP contribution in [0, 0.1) is 13.8 Å². The molecule has 2 aromatic carbocycles. The van der Waals surface area contributed by atoms with E-state index in [1.54, 1.807) is 0 Å². The molecule has 0 aromatic heterocycles. The molecule has 0 aliphatic heterocycles. The summed E-state index contributed by atoms with van der Waals surface area (Å²) in [5.41, 5.74) is 5.12. The summed E-state index contributed by atoms with van der Waals surface area (Å²) in [6.45, 7) is 10.6. The molecule has 0 heterocycles. The molecule has 0 radical (unpaired) electrons. The molecule has 2 aromatic rings. The Morgan fingerprint density at radius 1 is 0.900 bits per heavy atom. The SMILES string of the molecule is Cc1ccc(C(=O)c2ccc(C(C)(C)C)cc2)c(C)c1. The van der Waals surface area contributed by atoms with Gasteiger partial charge in [-0.25, -0.2) is 0 Å². The van der Waals surface area contributed by atoms with E-state index in [-0.39, 0.29) is 11.2 Å². The van der Waals surface area contributed by atoms with E-state index in [0.29, 0.717) is 0 Å². The molecule has 0 saturated heterocycles. The highest BCUT2D eigenvalue weighted by Gasteiger charge is 2.15. The van der Waals surface area contributed by atoms with Gasteiger partial charge in [0.25, 0.3) is 0 Å². The maximum absolute atomic E-state index is 12.5. The van der Waals surface area contributed by atoms with Crippen LogP contribution < -0.4 is 0 Å². The first-order valence-electron chi connectivity index (χ1n) is 7.01. The van der Waals surface area contributed by atoms with E-state index < -0.39 is 0 Å². The molecule has 0 bridgehead atoms. The predicted molar refractivity (Wildman–Crippen MR) is 84.5 cm³/mol. The van der Waals surface area contributed by atoms with Crippen LogP contribution in [0.15, 0.2) is 42.5 Å². The quantitative estimate of drug-likeness (QED) is 0.711. The molecule has 0 unspecified atom stereocenters. The molecule has 1 nitrogen and oxygen atoms in total. The number of carbonyl (C=O) groups is 1. The monoisotopic (exact) mass is 266 g/mol. The summed E-state index contributed by atoms with van der Waals surface area (Å²) < 4.78 is 0. The van der Waals surface area contributed by atoms with Crippen molar-refractivity contribution in [1.29, 1.82) is 0 Å². The fraction of sp³-hybridized carbons (Fsp3) is 0.316. The minimum absolute atomic E-state index is 0.1000. The van der Waals surface area contributed by atoms with Crippen LogP contribution >= 0.6 is 0 Å². The molecule has 0 atom stereocenters. The van der Waals surface area contributed by atoms with E-state index in [4.69, 9.17) is 0 Å². The van der Waals surface area contributed by atoms with Crippen molar-refractivity contribution in [3.63, 3.8) is 0 Å². The number of aryl methyl sites for hydroxylation is 2. The second-order valence-corrected chi connectivity index (χ2v) is 6.47. The third-order valence-corrected chi connectivity index (χ3v) is 3.64. The second-order valence-electron chi connectivity index (χ2n) is 6.47. The first-order valence-corrected chi connectivity index (χ1v) is 7.01. The summed E-state index contributed by atoms with van der Waals surface area (Å²) in [5.74, 6) is 0.1000. The van der Waals surface area contributed by atoms with Crippen LogP contribution in [0.5, 0.6) is 0 Å². The molecule has 2 rings (SSSR count). The molecular formula is C19H22O. The molecule has 0 amide bonds. The zero-order valence-corrected chi connectivity index (χ0v) is 12.9. The topological polar surface area (TPSA) is 17.1 Å². The highest BCUT2D eigenvalue weighted by atomic mass is 16.1. The molecule has 0 N–H and O–H groups in total. The first-order chi connectivity index (χ1) is 9.29. The van der Waals surface area contributed by atoms with Gasteiger partial charge in [-0.15, -0.1) is 0 Å². The lowest BCUT2D eigenvalue weighted by atomic mass is 9.86. The number of benzene rings is 2. The largest absolute Gasteiger partial charge is 0.289 e. The van der Waals surface area contributed by atoms with Gasteiger partial charge in [-0.1, -0.05) is 68.8 Å². The summed E-state index contributed by atoms with van der Waals surface area (Å²) in [6, 6.07) is 13.9. The number of rotatable bonds is 2. The van der Waals surface area contributed by atoms with Crippen LogP contribution in [0.25, 0.3) is 0 Å². The molecule has 20 heavy (non-hydrogen) atoms. The average Bonchev–Trinajstić information content (AvgIpc) is 2.37. The Hall–Kier alpha value is -1.89. The van der Waals surface area contributed by atoms with E-state index in [2.05, 4.69) is 39.0 Å². The molecule has 1 heteroatoms. The molecule has 0 saturated carbocycles. The molecule has 0 fully saturated rings. The maximum Gasteiger partial charge on any atom is 0.193 e. The van der Waals surface area contributed by atoms with Gasteiger partial charge >= 0.3 is 0 Å². The number of ketones is 1. The second kappa shape index (κ2) is 5.24. The smallest absolute Gasteiger partial charge is 0.193 e. The number of hydrogen-bond donors (Lipinski definition) is 0. The normalized spacial score (nSPS) is 11.4. The van der Waals surface area contributed by atoms with Crippen molar-refractivity contribution in [1.82, 2.24) is 0 Å². The van der Waals surface area contributed by atoms with Gasteiger partial charge in [0.1, 0.15) is 0 Å². The Bertz CT molecular complexity index is 628. The molecule has 0 aliphatic rings. The Morgan fingerprint density at radius 2 is 1.50 bits per heavy atom. The van der Waals surface area contributed by atoms with Crippen molar-refractivity contribution in [2.24, 2.45) is 0 Å². The maximum atomic E-state index is 12.5. The van der Waals surface area contributed by atoms with Crippen LogP contribution in [0.2, 0.25) is 0 Å². The average molecular weight is 266 g/mol. The van der Waals surface area contributed by atoms with E-state index in [9.17, 15) is 4.79 Å². The van der Waals surface area contributed by atoms with Crippen molar-refractivity contribution in [2.45, 2.75) is 40.0 Å². The van der Waals surface area contributed by atoms with E-state index in [0.717, 1.165) is 16.7 Å². The third-order valence-electron chi connectivity index (χ3n) is 3.64. The van der Waals surface area contributed by atoms with Crippen molar-refractivity contribution in [3.05, 3.63) is 70.3 Å². The zero-order chi connectivity index (χ0) is 14.9. The standard InChI is InChI=1S/C19H22O/c1-13-6-11-17(14(2)12-13)18(20)15-7-9-16(10-8-15)19(3,4)5/h6-12H,1-5H3. The van der Waals surface area contributed by atoms with Crippen molar-refractivity contribution in [3.8, 4) is 0 Å². The van der Waals surface area contributed by atoms with E-state index in [1.165, 1.54) is 11.1 Å². The predicted octanol–water partition coefficient (Wildman–Crippen LogP) is 4.83. The van der Waals surface area contributed by atoms with Gasteiger partial charge in [0.2, 0.25) is 0 Å². The summed E-state index contributed by atoms with van der Waals surface area (Å²) in [6.07, 6.45) is 0. The van der Waals surface area contributed by atoms with Crippen LogP contribution in [-0.2, 0) is 5.41 Å². The van der Waals surface area contributed by atoms with Crippen molar-refractivity contribution in [2.75, 3.05) is 0 Å². The molecule has 0 spiro atoms. The zero-order valence-electron chi connectivity index (χ0n) is 12.9. The molecular weight excluding hydrogens is 244 g/mol. The van der Waals surface area contributed by atoms with Crippen LogP contribution in [0.1, 0.15) is 53.4 Å². The summed E-state index contributed by atoms with van der Waals surface area (Å²) in [7, 11) is 0. The van der Waals surface area contributed by atoms with Gasteiger partial charge in [-0.2, -0.15) is 0 Å². The van der Waals surface area contributed by atoms with Gasteiger partial charge in [0.05, 0.1) is 0 Å². The Kier molecular flexibility index (Phi) is 3.80. The lowest BCUT2D eigenvalue weighted by molar-refractivity contribution is 0.103. The van der Waals surface area contributed by atoms with Crippen LogP contribution in [0.4, 0.5) is 0 Å². The van der Waals surface area contributed by atoms with Gasteiger partial charge in [-0.05, 0) is 30.4 Å². The Morgan fingerprint density at radius 3 is 2.00 bits per heavy atom. The highest BCUT2D eigenvalue weighted by molar-refractivity contribution is 6.09. The lowest BCUT2D eigenvalue weighted by Gasteiger charge is -2.19. The number of carbonyl (C=O) groups excluding carboxylic acids is 1. The number of hydrogen-bond acceptors (Lipinski definition) is 1. The summed E-state index contributed by atoms with van der Waals surface area (Å²) in [4.78, 5) is 12.5. The van der Waals surface area contributed by atoms with Gasteiger partial charge < -0.3 is 0 Å². The van der Waals surface area contributed by atoms with E-state index in [1.807, 2.05) is 38.1 Å². The molecule has 0 aliphatic carbocycles. The van der Waals surface area contributed by atoms with Crippen molar-refractivity contribution < 1.29 is 4.79 Å². The van der Waals surface area contributed by atoms with Gasteiger partial charge in [-0.3, -0.25) is 4.79 Å². The van der Waals surface area contributed by atoms with Crippen LogP contribution in [-0.4, -0.2) is 5.78 Å². The summed E-state index contributed by atoms with van der Waals surface area (Å²) >= 11 is 0. The fourth-order valence-electron chi connectivity index (χ4n) is 2.35. The Balaban J connectivity index is 2.34. The lowest BCUT2D eigenvalue weighted by Crippen LogP contribution is -2.11. The first kappa shape index (κ1) is 14.5. The van der Waals surface area contributed by atoms with Gasteiger partial charge in [0, 0.05) is 11.1 Å². The Labute approximate surface area is 121 Å². The van der Waals surface area contributed by atoms with E-state index >= 15 is 0 Å². The van der Waals surface area contributed by atoms with Crippen LogP contribution in [0.3, 0.4) is 0 Å². The molecule has 104 valence electrons. The fourth-order valence-corrected chi connectivity index (χ4v) is 2.35.